The van der Waals surface area contributed by atoms with E-state index in [2.05, 4.69) is 11.5 Å². The summed E-state index contributed by atoms with van der Waals surface area (Å²) in [7, 11) is 0. The van der Waals surface area contributed by atoms with E-state index in [-0.39, 0.29) is 0 Å². The van der Waals surface area contributed by atoms with E-state index in [1.54, 1.807) is 0 Å². The highest BCUT2D eigenvalue weighted by Gasteiger charge is 2.31. The number of rotatable bonds is 0. The fraction of sp³-hybridized carbons (Fsp3) is 0.750. The first-order chi connectivity index (χ1) is 4.38. The zero-order valence-electron chi connectivity index (χ0n) is 5.77. The predicted octanol–water partition coefficient (Wildman–Crippen LogP) is 1.41. The van der Waals surface area contributed by atoms with Crippen molar-refractivity contribution >= 4 is 0 Å². The second-order valence-corrected chi connectivity index (χ2v) is 3.10. The summed E-state index contributed by atoms with van der Waals surface area (Å²) in [4.78, 5) is 2.56. The molecule has 2 heterocycles. The summed E-state index contributed by atoms with van der Waals surface area (Å²) < 4.78 is 0. The molecule has 0 radical (unpaired) electrons. The maximum Gasteiger partial charge on any atom is 0.0306 e. The van der Waals surface area contributed by atoms with Crippen LogP contribution in [-0.4, -0.2) is 24.0 Å². The van der Waals surface area contributed by atoms with Crippen LogP contribution in [0.4, 0.5) is 0 Å². The third-order valence-electron chi connectivity index (χ3n) is 2.56. The molecular formula is C8H13N. The van der Waals surface area contributed by atoms with Crippen LogP contribution in [0.2, 0.25) is 0 Å². The molecule has 0 aromatic heterocycles. The first-order valence-electron chi connectivity index (χ1n) is 3.79. The normalized spacial score (nSPS) is 35.6. The number of hydrogen-bond acceptors (Lipinski definition) is 1. The van der Waals surface area contributed by atoms with Gasteiger partial charge in [0, 0.05) is 12.6 Å². The van der Waals surface area contributed by atoms with E-state index in [4.69, 9.17) is 0 Å². The first-order valence-corrected chi connectivity index (χ1v) is 3.79. The van der Waals surface area contributed by atoms with Crippen molar-refractivity contribution in [3.05, 3.63) is 12.2 Å². The van der Waals surface area contributed by atoms with Crippen LogP contribution < -0.4 is 0 Å². The second-order valence-electron chi connectivity index (χ2n) is 3.10. The SMILES string of the molecule is C=C1CCN2CCC[C@@H]12. The maximum atomic E-state index is 4.06. The first kappa shape index (κ1) is 5.48. The molecule has 0 spiro atoms. The summed E-state index contributed by atoms with van der Waals surface area (Å²) in [5, 5.41) is 0. The van der Waals surface area contributed by atoms with Gasteiger partial charge in [0.25, 0.3) is 0 Å². The van der Waals surface area contributed by atoms with Crippen molar-refractivity contribution in [1.29, 1.82) is 0 Å². The molecule has 2 aliphatic rings. The maximum absolute atomic E-state index is 4.06. The van der Waals surface area contributed by atoms with Gasteiger partial charge in [-0.15, -0.1) is 0 Å². The van der Waals surface area contributed by atoms with Gasteiger partial charge in [-0.25, -0.2) is 0 Å². The van der Waals surface area contributed by atoms with Gasteiger partial charge in [0.15, 0.2) is 0 Å². The highest BCUT2D eigenvalue weighted by molar-refractivity contribution is 5.13. The Hall–Kier alpha value is -0.300. The molecule has 0 aliphatic carbocycles. The van der Waals surface area contributed by atoms with Crippen LogP contribution in [0.15, 0.2) is 12.2 Å². The number of hydrogen-bond donors (Lipinski definition) is 0. The van der Waals surface area contributed by atoms with Crippen molar-refractivity contribution in [3.63, 3.8) is 0 Å². The van der Waals surface area contributed by atoms with E-state index in [1.807, 2.05) is 0 Å². The third kappa shape index (κ3) is 0.715. The monoisotopic (exact) mass is 123 g/mol. The third-order valence-corrected chi connectivity index (χ3v) is 2.56. The standard InChI is InChI=1S/C8H13N/c1-7-4-6-9-5-2-3-8(7)9/h8H,1-6H2/t8-/m0/s1. The molecule has 2 saturated heterocycles. The highest BCUT2D eigenvalue weighted by atomic mass is 15.2. The van der Waals surface area contributed by atoms with Crippen molar-refractivity contribution in [2.24, 2.45) is 0 Å². The molecular weight excluding hydrogens is 110 g/mol. The van der Waals surface area contributed by atoms with Gasteiger partial charge in [0.05, 0.1) is 0 Å². The van der Waals surface area contributed by atoms with Crippen LogP contribution in [0.1, 0.15) is 19.3 Å². The smallest absolute Gasteiger partial charge is 0.0306 e. The molecule has 2 fully saturated rings. The van der Waals surface area contributed by atoms with Gasteiger partial charge in [-0.1, -0.05) is 12.2 Å². The molecule has 1 heteroatoms. The molecule has 9 heavy (non-hydrogen) atoms. The molecule has 0 aromatic rings. The summed E-state index contributed by atoms with van der Waals surface area (Å²) >= 11 is 0. The van der Waals surface area contributed by atoms with Crippen LogP contribution in [0, 0.1) is 0 Å². The fourth-order valence-corrected chi connectivity index (χ4v) is 2.01. The minimum absolute atomic E-state index is 0.782. The minimum Gasteiger partial charge on any atom is -0.296 e. The average Bonchev–Trinajstić information content (AvgIpc) is 2.35. The van der Waals surface area contributed by atoms with Crippen LogP contribution in [0.25, 0.3) is 0 Å². The molecule has 1 atom stereocenters. The number of fused-ring (bicyclic) bond motifs is 1. The Morgan fingerprint density at radius 1 is 1.44 bits per heavy atom. The molecule has 2 aliphatic heterocycles. The van der Waals surface area contributed by atoms with Gasteiger partial charge in [-0.05, 0) is 25.8 Å². The van der Waals surface area contributed by atoms with E-state index >= 15 is 0 Å². The lowest BCUT2D eigenvalue weighted by molar-refractivity contribution is 0.338. The average molecular weight is 123 g/mol. The molecule has 0 unspecified atom stereocenters. The largest absolute Gasteiger partial charge is 0.296 e. The van der Waals surface area contributed by atoms with Crippen LogP contribution in [0.3, 0.4) is 0 Å². The summed E-state index contributed by atoms with van der Waals surface area (Å²) in [6.07, 6.45) is 4.02. The lowest BCUT2D eigenvalue weighted by atomic mass is 10.1. The van der Waals surface area contributed by atoms with E-state index in [1.165, 1.54) is 37.9 Å². The van der Waals surface area contributed by atoms with Crippen molar-refractivity contribution in [2.45, 2.75) is 25.3 Å². The lowest BCUT2D eigenvalue weighted by Gasteiger charge is -2.12. The van der Waals surface area contributed by atoms with Gasteiger partial charge in [0.2, 0.25) is 0 Å². The molecule has 0 saturated carbocycles. The van der Waals surface area contributed by atoms with Crippen molar-refractivity contribution in [1.82, 2.24) is 4.90 Å². The zero-order valence-corrected chi connectivity index (χ0v) is 5.77. The Balaban J connectivity index is 2.15. The second kappa shape index (κ2) is 1.84. The van der Waals surface area contributed by atoms with Gasteiger partial charge >= 0.3 is 0 Å². The zero-order chi connectivity index (χ0) is 6.27. The topological polar surface area (TPSA) is 3.24 Å². The number of nitrogens with zero attached hydrogens (tertiary/aromatic N) is 1. The van der Waals surface area contributed by atoms with Crippen molar-refractivity contribution in [2.75, 3.05) is 13.1 Å². The fourth-order valence-electron chi connectivity index (χ4n) is 2.01. The minimum atomic E-state index is 0.782. The van der Waals surface area contributed by atoms with E-state index in [9.17, 15) is 0 Å². The van der Waals surface area contributed by atoms with Crippen molar-refractivity contribution in [3.8, 4) is 0 Å². The van der Waals surface area contributed by atoms with Crippen molar-refractivity contribution < 1.29 is 0 Å². The predicted molar refractivity (Wildman–Crippen MR) is 38.4 cm³/mol. The summed E-state index contributed by atoms with van der Waals surface area (Å²) in [5.41, 5.74) is 1.48. The molecule has 0 N–H and O–H groups in total. The quantitative estimate of drug-likeness (QED) is 0.440. The Labute approximate surface area is 56.4 Å². The molecule has 2 rings (SSSR count). The summed E-state index contributed by atoms with van der Waals surface area (Å²) in [6.45, 7) is 6.66. The lowest BCUT2D eigenvalue weighted by Crippen LogP contribution is -2.22. The highest BCUT2D eigenvalue weighted by Crippen LogP contribution is 2.30. The van der Waals surface area contributed by atoms with Crippen LogP contribution in [-0.2, 0) is 0 Å². The van der Waals surface area contributed by atoms with Crippen LogP contribution >= 0.6 is 0 Å². The Kier molecular flexibility index (Phi) is 1.12. The summed E-state index contributed by atoms with van der Waals surface area (Å²) in [5.74, 6) is 0. The Morgan fingerprint density at radius 2 is 2.33 bits per heavy atom. The van der Waals surface area contributed by atoms with Gasteiger partial charge in [-0.3, -0.25) is 4.90 Å². The van der Waals surface area contributed by atoms with E-state index < -0.39 is 0 Å². The van der Waals surface area contributed by atoms with Gasteiger partial charge < -0.3 is 0 Å². The molecule has 0 aromatic carbocycles. The molecule has 0 amide bonds. The summed E-state index contributed by atoms with van der Waals surface area (Å²) in [6, 6.07) is 0.782. The Morgan fingerprint density at radius 3 is 3.11 bits per heavy atom. The van der Waals surface area contributed by atoms with E-state index in [0.29, 0.717) is 0 Å². The molecule has 50 valence electrons. The van der Waals surface area contributed by atoms with E-state index in [0.717, 1.165) is 6.04 Å². The van der Waals surface area contributed by atoms with Crippen LogP contribution in [0.5, 0.6) is 0 Å². The molecule has 1 nitrogen and oxygen atoms in total. The molecule has 0 bridgehead atoms. The van der Waals surface area contributed by atoms with Gasteiger partial charge in [0.1, 0.15) is 0 Å². The van der Waals surface area contributed by atoms with Gasteiger partial charge in [-0.2, -0.15) is 0 Å². The Bertz CT molecular complexity index is 140.